The Balaban J connectivity index is 2.21. The summed E-state index contributed by atoms with van der Waals surface area (Å²) < 4.78 is 5.10. The Morgan fingerprint density at radius 2 is 2.08 bits per heavy atom. The van der Waals surface area contributed by atoms with Crippen LogP contribution in [0.2, 0.25) is 0 Å². The first-order chi connectivity index (χ1) is 11.4. The predicted molar refractivity (Wildman–Crippen MR) is 89.4 cm³/mol. The summed E-state index contributed by atoms with van der Waals surface area (Å²) in [5, 5.41) is 2.18. The van der Waals surface area contributed by atoms with E-state index in [1.165, 1.54) is 13.3 Å². The quantitative estimate of drug-likeness (QED) is 0.606. The molecule has 4 amide bonds. The number of nitrogens with one attached hydrogen (secondary N) is 1. The van der Waals surface area contributed by atoms with E-state index in [-0.39, 0.29) is 0 Å². The Morgan fingerprint density at radius 3 is 2.75 bits per heavy atom. The number of hydrogen-bond acceptors (Lipinski definition) is 6. The molecule has 0 aromatic heterocycles. The van der Waals surface area contributed by atoms with Gasteiger partial charge in [-0.05, 0) is 26.2 Å². The number of benzene rings is 1. The summed E-state index contributed by atoms with van der Waals surface area (Å²) in [5.74, 6) is -1.93. The van der Waals surface area contributed by atoms with Gasteiger partial charge in [0.2, 0.25) is 5.91 Å². The fourth-order valence-electron chi connectivity index (χ4n) is 2.15. The van der Waals surface area contributed by atoms with Crippen molar-refractivity contribution >= 4 is 29.7 Å². The van der Waals surface area contributed by atoms with Crippen LogP contribution in [0, 0.1) is 5.92 Å². The van der Waals surface area contributed by atoms with Gasteiger partial charge in [0, 0.05) is 18.8 Å². The molecule has 1 aliphatic heterocycles. The van der Waals surface area contributed by atoms with E-state index in [4.69, 9.17) is 4.74 Å². The van der Waals surface area contributed by atoms with Gasteiger partial charge in [0.25, 0.3) is 5.91 Å². The van der Waals surface area contributed by atoms with Crippen LogP contribution in [0.4, 0.5) is 10.5 Å². The molecule has 1 aromatic rings. The average molecular weight is 332 g/mol. The van der Waals surface area contributed by atoms with Crippen LogP contribution in [0.25, 0.3) is 0 Å². The van der Waals surface area contributed by atoms with E-state index in [0.717, 1.165) is 4.90 Å². The number of rotatable bonds is 6. The standard InChI is InChI=1S/C16H20N4O4/c1-19(2)8-7-17-10-13-14(21)18-16(23)20(15(13)22)11-5-4-6-12(9-11)24-3/h4-6,9-10,13H,7-8H2,1-3H3,(H,18,21,23). The molecule has 0 saturated carbocycles. The van der Waals surface area contributed by atoms with Gasteiger partial charge in [-0.25, -0.2) is 9.69 Å². The van der Waals surface area contributed by atoms with Crippen LogP contribution in [-0.4, -0.2) is 63.3 Å². The van der Waals surface area contributed by atoms with Crippen LogP contribution in [0.15, 0.2) is 29.3 Å². The normalized spacial score (nSPS) is 18.4. The minimum absolute atomic E-state index is 0.330. The molecule has 1 unspecified atom stereocenters. The number of amides is 4. The third-order valence-corrected chi connectivity index (χ3v) is 3.44. The molecule has 1 atom stereocenters. The lowest BCUT2D eigenvalue weighted by Crippen LogP contribution is -2.58. The molecule has 1 N–H and O–H groups in total. The summed E-state index contributed by atoms with van der Waals surface area (Å²) in [6, 6.07) is 5.71. The highest BCUT2D eigenvalue weighted by Gasteiger charge is 2.40. The topological polar surface area (TPSA) is 91.3 Å². The number of anilines is 1. The van der Waals surface area contributed by atoms with Gasteiger partial charge in [-0.15, -0.1) is 0 Å². The number of likely N-dealkylation sites (N-methyl/N-ethyl adjacent to an activating group) is 1. The highest BCUT2D eigenvalue weighted by Crippen LogP contribution is 2.24. The van der Waals surface area contributed by atoms with Gasteiger partial charge in [-0.2, -0.15) is 0 Å². The predicted octanol–water partition coefficient (Wildman–Crippen LogP) is 0.527. The fourth-order valence-corrected chi connectivity index (χ4v) is 2.15. The second kappa shape index (κ2) is 7.69. The van der Waals surface area contributed by atoms with E-state index in [1.54, 1.807) is 24.3 Å². The van der Waals surface area contributed by atoms with E-state index in [2.05, 4.69) is 10.3 Å². The van der Waals surface area contributed by atoms with Gasteiger partial charge in [0.05, 0.1) is 19.3 Å². The van der Waals surface area contributed by atoms with Crippen LogP contribution in [0.1, 0.15) is 0 Å². The molecule has 0 spiro atoms. The molecule has 0 bridgehead atoms. The molecule has 0 aliphatic carbocycles. The molecule has 1 aromatic carbocycles. The Hall–Kier alpha value is -2.74. The summed E-state index contributed by atoms with van der Waals surface area (Å²) in [4.78, 5) is 43.5. The summed E-state index contributed by atoms with van der Waals surface area (Å²) in [6.07, 6.45) is 1.29. The summed E-state index contributed by atoms with van der Waals surface area (Å²) >= 11 is 0. The number of carbonyl (C=O) groups is 3. The minimum atomic E-state index is -1.13. The molecule has 128 valence electrons. The Bertz CT molecular complexity index is 672. The van der Waals surface area contributed by atoms with Crippen molar-refractivity contribution in [1.29, 1.82) is 0 Å². The molecule has 8 heteroatoms. The summed E-state index contributed by atoms with van der Waals surface area (Å²) in [6.45, 7) is 1.15. The first-order valence-electron chi connectivity index (χ1n) is 7.41. The lowest BCUT2D eigenvalue weighted by molar-refractivity contribution is -0.131. The zero-order chi connectivity index (χ0) is 17.7. The molecule has 1 aliphatic rings. The van der Waals surface area contributed by atoms with Crippen molar-refractivity contribution in [2.75, 3.05) is 39.2 Å². The fraction of sp³-hybridized carbons (Fsp3) is 0.375. The van der Waals surface area contributed by atoms with E-state index in [0.29, 0.717) is 24.5 Å². The lowest BCUT2D eigenvalue weighted by Gasteiger charge is -2.28. The molecular weight excluding hydrogens is 312 g/mol. The van der Waals surface area contributed by atoms with Gasteiger partial charge < -0.3 is 9.64 Å². The smallest absolute Gasteiger partial charge is 0.335 e. The molecule has 0 radical (unpaired) electrons. The molecule has 24 heavy (non-hydrogen) atoms. The summed E-state index contributed by atoms with van der Waals surface area (Å²) in [5.41, 5.74) is 0.330. The van der Waals surface area contributed by atoms with Crippen molar-refractivity contribution in [3.8, 4) is 5.75 Å². The van der Waals surface area contributed by atoms with Crippen LogP contribution in [0.3, 0.4) is 0 Å². The molecule has 8 nitrogen and oxygen atoms in total. The van der Waals surface area contributed by atoms with Gasteiger partial charge in [-0.1, -0.05) is 6.07 Å². The van der Waals surface area contributed by atoms with Crippen molar-refractivity contribution in [3.05, 3.63) is 24.3 Å². The third-order valence-electron chi connectivity index (χ3n) is 3.44. The van der Waals surface area contributed by atoms with Crippen molar-refractivity contribution < 1.29 is 19.1 Å². The minimum Gasteiger partial charge on any atom is -0.497 e. The maximum atomic E-state index is 12.6. The number of hydrogen-bond donors (Lipinski definition) is 1. The number of imide groups is 2. The molecule has 1 saturated heterocycles. The van der Waals surface area contributed by atoms with Crippen molar-refractivity contribution in [3.63, 3.8) is 0 Å². The number of urea groups is 1. The third kappa shape index (κ3) is 3.96. The van der Waals surface area contributed by atoms with E-state index in [9.17, 15) is 14.4 Å². The Kier molecular flexibility index (Phi) is 5.64. The number of methoxy groups -OCH3 is 1. The Morgan fingerprint density at radius 1 is 1.33 bits per heavy atom. The van der Waals surface area contributed by atoms with E-state index >= 15 is 0 Å². The summed E-state index contributed by atoms with van der Waals surface area (Å²) in [7, 11) is 5.29. The number of barbiturate groups is 1. The first-order valence-corrected chi connectivity index (χ1v) is 7.41. The molecule has 1 fully saturated rings. The van der Waals surface area contributed by atoms with Crippen molar-refractivity contribution in [2.24, 2.45) is 10.9 Å². The number of aliphatic imine (C=N–C) groups is 1. The Labute approximate surface area is 140 Å². The zero-order valence-electron chi connectivity index (χ0n) is 13.9. The van der Waals surface area contributed by atoms with Crippen LogP contribution < -0.4 is 15.0 Å². The first kappa shape index (κ1) is 17.6. The van der Waals surface area contributed by atoms with Crippen LogP contribution >= 0.6 is 0 Å². The zero-order valence-corrected chi connectivity index (χ0v) is 13.9. The van der Waals surface area contributed by atoms with E-state index < -0.39 is 23.8 Å². The number of carbonyl (C=O) groups excluding carboxylic acids is 3. The van der Waals surface area contributed by atoms with Gasteiger partial charge in [0.1, 0.15) is 5.75 Å². The second-order valence-electron chi connectivity index (χ2n) is 5.51. The highest BCUT2D eigenvalue weighted by molar-refractivity contribution is 6.32. The monoisotopic (exact) mass is 332 g/mol. The average Bonchev–Trinajstić information content (AvgIpc) is 2.53. The SMILES string of the molecule is COc1cccc(N2C(=O)NC(=O)C(C=NCCN(C)C)C2=O)c1. The van der Waals surface area contributed by atoms with Gasteiger partial charge >= 0.3 is 6.03 Å². The number of nitrogens with zero attached hydrogens (tertiary/aromatic N) is 3. The van der Waals surface area contributed by atoms with Gasteiger partial charge in [-0.3, -0.25) is 19.9 Å². The molecule has 1 heterocycles. The highest BCUT2D eigenvalue weighted by atomic mass is 16.5. The lowest BCUT2D eigenvalue weighted by atomic mass is 10.1. The van der Waals surface area contributed by atoms with Crippen molar-refractivity contribution in [1.82, 2.24) is 10.2 Å². The van der Waals surface area contributed by atoms with Crippen LogP contribution in [-0.2, 0) is 9.59 Å². The maximum Gasteiger partial charge on any atom is 0.335 e. The molecule has 2 rings (SSSR count). The number of ether oxygens (including phenoxy) is 1. The van der Waals surface area contributed by atoms with Gasteiger partial charge in [0.15, 0.2) is 5.92 Å². The largest absolute Gasteiger partial charge is 0.497 e. The maximum absolute atomic E-state index is 12.6. The molecular formula is C16H20N4O4. The van der Waals surface area contributed by atoms with Crippen LogP contribution in [0.5, 0.6) is 5.75 Å². The second-order valence-corrected chi connectivity index (χ2v) is 5.51. The van der Waals surface area contributed by atoms with Crippen molar-refractivity contribution in [2.45, 2.75) is 0 Å². The van der Waals surface area contributed by atoms with E-state index in [1.807, 2.05) is 19.0 Å².